The van der Waals surface area contributed by atoms with Crippen LogP contribution in [0.5, 0.6) is 0 Å². The predicted molar refractivity (Wildman–Crippen MR) is 114 cm³/mol. The Kier molecular flexibility index (Phi) is 5.33. The Morgan fingerprint density at radius 3 is 2.79 bits per heavy atom. The van der Waals surface area contributed by atoms with Crippen LogP contribution in [0.4, 0.5) is 0 Å². The fourth-order valence-electron chi connectivity index (χ4n) is 3.40. The van der Waals surface area contributed by atoms with Crippen molar-refractivity contribution in [2.24, 2.45) is 0 Å². The number of aromatic nitrogens is 4. The van der Waals surface area contributed by atoms with Crippen molar-refractivity contribution in [1.29, 1.82) is 0 Å². The summed E-state index contributed by atoms with van der Waals surface area (Å²) in [6, 6.07) is 13.5. The van der Waals surface area contributed by atoms with E-state index in [1.165, 1.54) is 0 Å². The van der Waals surface area contributed by atoms with E-state index in [4.69, 9.17) is 4.98 Å². The highest BCUT2D eigenvalue weighted by atomic mass is 16.1. The van der Waals surface area contributed by atoms with Crippen LogP contribution in [0.3, 0.4) is 0 Å². The highest BCUT2D eigenvalue weighted by Gasteiger charge is 2.16. The van der Waals surface area contributed by atoms with Crippen LogP contribution in [-0.4, -0.2) is 31.7 Å². The fourth-order valence-corrected chi connectivity index (χ4v) is 3.40. The first-order chi connectivity index (χ1) is 14.1. The first-order valence-corrected chi connectivity index (χ1v) is 9.76. The summed E-state index contributed by atoms with van der Waals surface area (Å²) in [7, 11) is 0. The first-order valence-electron chi connectivity index (χ1n) is 9.76. The molecule has 3 aromatic heterocycles. The Morgan fingerprint density at radius 1 is 1.17 bits per heavy atom. The Morgan fingerprint density at radius 2 is 2.03 bits per heavy atom. The van der Waals surface area contributed by atoms with E-state index in [1.54, 1.807) is 12.4 Å². The molecule has 1 aromatic carbocycles. The third-order valence-electron chi connectivity index (χ3n) is 4.86. The van der Waals surface area contributed by atoms with E-state index < -0.39 is 0 Å². The molecule has 0 aliphatic rings. The van der Waals surface area contributed by atoms with E-state index >= 15 is 0 Å². The van der Waals surface area contributed by atoms with Gasteiger partial charge in [0.15, 0.2) is 0 Å². The second-order valence-corrected chi connectivity index (χ2v) is 7.10. The number of carbonyl (C=O) groups is 1. The normalized spacial score (nSPS) is 12.1. The summed E-state index contributed by atoms with van der Waals surface area (Å²) >= 11 is 0. The lowest BCUT2D eigenvalue weighted by molar-refractivity contribution is 0.0941. The van der Waals surface area contributed by atoms with Crippen molar-refractivity contribution >= 4 is 16.8 Å². The number of hydrogen-bond donors (Lipinski definition) is 1. The third kappa shape index (κ3) is 4.16. The molecule has 29 heavy (non-hydrogen) atoms. The Hall–Kier alpha value is -3.54. The number of para-hydroxylation sites is 1. The van der Waals surface area contributed by atoms with E-state index in [0.29, 0.717) is 5.56 Å². The summed E-state index contributed by atoms with van der Waals surface area (Å²) in [6.07, 6.45) is 8.03. The van der Waals surface area contributed by atoms with Gasteiger partial charge in [-0.2, -0.15) is 5.10 Å². The number of rotatable bonds is 6. The minimum atomic E-state index is -0.107. The predicted octanol–water partition coefficient (Wildman–Crippen LogP) is 3.87. The molecule has 6 heteroatoms. The van der Waals surface area contributed by atoms with Crippen molar-refractivity contribution in [3.8, 4) is 11.3 Å². The van der Waals surface area contributed by atoms with E-state index in [0.717, 1.165) is 40.7 Å². The van der Waals surface area contributed by atoms with Gasteiger partial charge in [-0.15, -0.1) is 0 Å². The number of aryl methyl sites for hydroxylation is 1. The van der Waals surface area contributed by atoms with Gasteiger partial charge in [0, 0.05) is 42.1 Å². The molecule has 1 amide bonds. The molecule has 146 valence electrons. The molecule has 4 aromatic rings. The maximum absolute atomic E-state index is 13.1. The second kappa shape index (κ2) is 8.22. The Labute approximate surface area is 169 Å². The first kappa shape index (κ1) is 18.8. The smallest absolute Gasteiger partial charge is 0.252 e. The minimum absolute atomic E-state index is 0.0232. The number of pyridine rings is 2. The lowest BCUT2D eigenvalue weighted by atomic mass is 10.0. The zero-order valence-corrected chi connectivity index (χ0v) is 16.5. The van der Waals surface area contributed by atoms with Crippen LogP contribution in [0.25, 0.3) is 22.2 Å². The highest BCUT2D eigenvalue weighted by Crippen LogP contribution is 2.25. The van der Waals surface area contributed by atoms with Gasteiger partial charge < -0.3 is 5.32 Å². The van der Waals surface area contributed by atoms with Gasteiger partial charge in [0.2, 0.25) is 0 Å². The van der Waals surface area contributed by atoms with Crippen molar-refractivity contribution in [3.63, 3.8) is 0 Å². The fraction of sp³-hybridized carbons (Fsp3) is 0.217. The zero-order chi connectivity index (χ0) is 20.2. The average Bonchev–Trinajstić information content (AvgIpc) is 3.23. The molecule has 0 aliphatic heterocycles. The molecule has 4 rings (SSSR count). The highest BCUT2D eigenvalue weighted by molar-refractivity contribution is 6.07. The van der Waals surface area contributed by atoms with Crippen molar-refractivity contribution in [1.82, 2.24) is 25.1 Å². The molecule has 6 nitrogen and oxygen atoms in total. The summed E-state index contributed by atoms with van der Waals surface area (Å²) in [5.74, 6) is -0.107. The maximum Gasteiger partial charge on any atom is 0.252 e. The third-order valence-corrected chi connectivity index (χ3v) is 4.86. The maximum atomic E-state index is 13.1. The standard InChI is InChI=1S/C23H23N5O/c1-3-28-15-18(14-25-28)22-12-20(19-8-4-5-9-21(19)27-22)23(29)26-16(2)11-17-7-6-10-24-13-17/h4-10,12-16H,3,11H2,1-2H3,(H,26,29)/t16-/m1/s1. The largest absolute Gasteiger partial charge is 0.349 e. The molecule has 0 saturated heterocycles. The zero-order valence-electron chi connectivity index (χ0n) is 16.5. The van der Waals surface area contributed by atoms with Gasteiger partial charge in [-0.05, 0) is 44.0 Å². The van der Waals surface area contributed by atoms with E-state index in [2.05, 4.69) is 15.4 Å². The number of amides is 1. The van der Waals surface area contributed by atoms with Gasteiger partial charge in [0.05, 0.1) is 23.0 Å². The van der Waals surface area contributed by atoms with Crippen LogP contribution in [0.15, 0.2) is 67.3 Å². The second-order valence-electron chi connectivity index (χ2n) is 7.10. The number of nitrogens with zero attached hydrogens (tertiary/aromatic N) is 4. The van der Waals surface area contributed by atoms with E-state index in [9.17, 15) is 4.79 Å². The summed E-state index contributed by atoms with van der Waals surface area (Å²) in [4.78, 5) is 22.0. The number of benzene rings is 1. The van der Waals surface area contributed by atoms with Crippen LogP contribution in [0.1, 0.15) is 29.8 Å². The molecule has 0 spiro atoms. The number of carbonyl (C=O) groups excluding carboxylic acids is 1. The van der Waals surface area contributed by atoms with Gasteiger partial charge >= 0.3 is 0 Å². The lowest BCUT2D eigenvalue weighted by Crippen LogP contribution is -2.34. The van der Waals surface area contributed by atoms with E-state index in [-0.39, 0.29) is 11.9 Å². The summed E-state index contributed by atoms with van der Waals surface area (Å²) in [5.41, 5.74) is 4.14. The molecule has 1 atom stereocenters. The summed E-state index contributed by atoms with van der Waals surface area (Å²) in [6.45, 7) is 4.82. The molecule has 0 unspecified atom stereocenters. The lowest BCUT2D eigenvalue weighted by Gasteiger charge is -2.15. The van der Waals surface area contributed by atoms with Crippen molar-refractivity contribution < 1.29 is 4.79 Å². The van der Waals surface area contributed by atoms with Crippen LogP contribution in [0.2, 0.25) is 0 Å². The minimum Gasteiger partial charge on any atom is -0.349 e. The molecule has 0 saturated carbocycles. The summed E-state index contributed by atoms with van der Waals surface area (Å²) < 4.78 is 1.85. The molecule has 3 heterocycles. The molecule has 0 radical (unpaired) electrons. The molecule has 1 N–H and O–H groups in total. The molecule has 0 aliphatic carbocycles. The SMILES string of the molecule is CCn1cc(-c2cc(C(=O)N[C@H](C)Cc3cccnc3)c3ccccc3n2)cn1. The van der Waals surface area contributed by atoms with Gasteiger partial charge in [-0.3, -0.25) is 14.5 Å². The van der Waals surface area contributed by atoms with E-state index in [1.807, 2.05) is 73.4 Å². The van der Waals surface area contributed by atoms with Crippen LogP contribution >= 0.6 is 0 Å². The Balaban J connectivity index is 1.65. The molecule has 0 fully saturated rings. The number of nitrogens with one attached hydrogen (secondary N) is 1. The molecular formula is C23H23N5O. The van der Waals surface area contributed by atoms with Crippen molar-refractivity contribution in [3.05, 3.63) is 78.4 Å². The van der Waals surface area contributed by atoms with Gasteiger partial charge in [0.25, 0.3) is 5.91 Å². The number of fused-ring (bicyclic) bond motifs is 1. The topological polar surface area (TPSA) is 72.7 Å². The Bertz CT molecular complexity index is 1140. The molecular weight excluding hydrogens is 362 g/mol. The van der Waals surface area contributed by atoms with Gasteiger partial charge in [-0.25, -0.2) is 4.98 Å². The monoisotopic (exact) mass is 385 g/mol. The quantitative estimate of drug-likeness (QED) is 0.547. The van der Waals surface area contributed by atoms with Crippen LogP contribution in [0, 0.1) is 0 Å². The van der Waals surface area contributed by atoms with Crippen LogP contribution in [-0.2, 0) is 13.0 Å². The van der Waals surface area contributed by atoms with Crippen molar-refractivity contribution in [2.75, 3.05) is 0 Å². The average molecular weight is 385 g/mol. The van der Waals surface area contributed by atoms with Crippen molar-refractivity contribution in [2.45, 2.75) is 32.9 Å². The summed E-state index contributed by atoms with van der Waals surface area (Å²) in [5, 5.41) is 8.29. The number of hydrogen-bond acceptors (Lipinski definition) is 4. The van der Waals surface area contributed by atoms with Crippen LogP contribution < -0.4 is 5.32 Å². The van der Waals surface area contributed by atoms with Gasteiger partial charge in [0.1, 0.15) is 0 Å². The molecule has 0 bridgehead atoms. The van der Waals surface area contributed by atoms with Gasteiger partial charge in [-0.1, -0.05) is 24.3 Å².